The molecule has 0 aliphatic heterocycles. The Labute approximate surface area is 116 Å². The molecule has 0 saturated heterocycles. The molecular weight excluding hydrogens is 293 g/mol. The number of rotatable bonds is 4. The lowest BCUT2D eigenvalue weighted by Crippen LogP contribution is -2.17. The van der Waals surface area contributed by atoms with Gasteiger partial charge in [-0.3, -0.25) is 4.79 Å². The molecule has 3 nitrogen and oxygen atoms in total. The minimum atomic E-state index is -4.79. The van der Waals surface area contributed by atoms with Gasteiger partial charge in [0, 0.05) is 5.56 Å². The quantitative estimate of drug-likeness (QED) is 0.804. The van der Waals surface area contributed by atoms with E-state index >= 15 is 0 Å². The molecular formula is C13H9F3O3S. The molecule has 1 heterocycles. The Balaban J connectivity index is 2.29. The van der Waals surface area contributed by atoms with Crippen LogP contribution in [-0.4, -0.2) is 19.3 Å². The van der Waals surface area contributed by atoms with Gasteiger partial charge in [0.05, 0.1) is 7.11 Å². The lowest BCUT2D eigenvalue weighted by Gasteiger charge is -2.09. The number of thiophene rings is 1. The van der Waals surface area contributed by atoms with Crippen LogP contribution in [0, 0.1) is 0 Å². The molecule has 1 aromatic heterocycles. The molecule has 0 aliphatic rings. The van der Waals surface area contributed by atoms with E-state index in [0.717, 1.165) is 23.5 Å². The van der Waals surface area contributed by atoms with Crippen LogP contribution in [0.15, 0.2) is 35.7 Å². The zero-order valence-corrected chi connectivity index (χ0v) is 11.0. The van der Waals surface area contributed by atoms with Crippen LogP contribution in [0.25, 0.3) is 0 Å². The summed E-state index contributed by atoms with van der Waals surface area (Å²) in [5.41, 5.74) is 0.104. The van der Waals surface area contributed by atoms with Gasteiger partial charge in [0.25, 0.3) is 0 Å². The number of alkyl halides is 3. The fourth-order valence-corrected chi connectivity index (χ4v) is 2.41. The topological polar surface area (TPSA) is 35.5 Å². The molecule has 0 saturated carbocycles. The number of carbonyl (C=O) groups excluding carboxylic acids is 1. The van der Waals surface area contributed by atoms with E-state index in [1.807, 2.05) is 0 Å². The van der Waals surface area contributed by atoms with Gasteiger partial charge in [-0.15, -0.1) is 24.5 Å². The van der Waals surface area contributed by atoms with E-state index in [4.69, 9.17) is 4.74 Å². The molecule has 0 aliphatic carbocycles. The maximum absolute atomic E-state index is 12.2. The van der Waals surface area contributed by atoms with E-state index < -0.39 is 17.9 Å². The summed E-state index contributed by atoms with van der Waals surface area (Å²) < 4.78 is 45.2. The first-order valence-electron chi connectivity index (χ1n) is 5.42. The van der Waals surface area contributed by atoms with Crippen molar-refractivity contribution in [2.45, 2.75) is 6.36 Å². The van der Waals surface area contributed by atoms with Crippen LogP contribution < -0.4 is 9.47 Å². The van der Waals surface area contributed by atoms with Crippen LogP contribution in [0.5, 0.6) is 11.5 Å². The molecule has 106 valence electrons. The van der Waals surface area contributed by atoms with Crippen molar-refractivity contribution in [3.63, 3.8) is 0 Å². The maximum Gasteiger partial charge on any atom is 0.573 e. The van der Waals surface area contributed by atoms with Crippen molar-refractivity contribution in [3.05, 3.63) is 46.2 Å². The Morgan fingerprint density at radius 1 is 1.25 bits per heavy atom. The van der Waals surface area contributed by atoms with Gasteiger partial charge in [0.1, 0.15) is 16.4 Å². The van der Waals surface area contributed by atoms with E-state index in [1.54, 1.807) is 11.4 Å². The van der Waals surface area contributed by atoms with E-state index in [2.05, 4.69) is 4.74 Å². The third-order valence-corrected chi connectivity index (χ3v) is 3.28. The highest BCUT2D eigenvalue weighted by molar-refractivity contribution is 7.12. The van der Waals surface area contributed by atoms with E-state index in [1.165, 1.54) is 19.2 Å². The van der Waals surface area contributed by atoms with Crippen LogP contribution in [0.4, 0.5) is 13.2 Å². The molecule has 0 fully saturated rings. The second-order valence-corrected chi connectivity index (χ2v) is 4.64. The van der Waals surface area contributed by atoms with Gasteiger partial charge in [-0.2, -0.15) is 0 Å². The van der Waals surface area contributed by atoms with Gasteiger partial charge >= 0.3 is 6.36 Å². The summed E-state index contributed by atoms with van der Waals surface area (Å²) in [5, 5.41) is 1.67. The molecule has 20 heavy (non-hydrogen) atoms. The first-order chi connectivity index (χ1) is 9.40. The zero-order valence-electron chi connectivity index (χ0n) is 10.2. The third-order valence-electron chi connectivity index (χ3n) is 2.39. The molecule has 0 spiro atoms. The second kappa shape index (κ2) is 5.54. The molecule has 0 N–H and O–H groups in total. The van der Waals surface area contributed by atoms with Gasteiger partial charge in [-0.25, -0.2) is 0 Å². The van der Waals surface area contributed by atoms with Crippen molar-refractivity contribution in [1.29, 1.82) is 0 Å². The molecule has 7 heteroatoms. The molecule has 0 bridgehead atoms. The Kier molecular flexibility index (Phi) is 3.99. The number of carbonyl (C=O) groups is 1. The first-order valence-corrected chi connectivity index (χ1v) is 6.30. The zero-order chi connectivity index (χ0) is 14.8. The predicted octanol–water partition coefficient (Wildman–Crippen LogP) is 3.89. The number of methoxy groups -OCH3 is 1. The van der Waals surface area contributed by atoms with Crippen LogP contribution in [0.1, 0.15) is 15.2 Å². The highest BCUT2D eigenvalue weighted by atomic mass is 32.1. The highest BCUT2D eigenvalue weighted by Crippen LogP contribution is 2.29. The summed E-state index contributed by atoms with van der Waals surface area (Å²) in [6.07, 6.45) is -4.79. The summed E-state index contributed by atoms with van der Waals surface area (Å²) in [6.45, 7) is 0. The molecule has 0 unspecified atom stereocenters. The molecule has 0 atom stereocenters. The first kappa shape index (κ1) is 14.4. The number of benzene rings is 1. The monoisotopic (exact) mass is 302 g/mol. The largest absolute Gasteiger partial charge is 0.573 e. The van der Waals surface area contributed by atoms with Crippen molar-refractivity contribution in [2.75, 3.05) is 7.11 Å². The van der Waals surface area contributed by atoms with E-state index in [-0.39, 0.29) is 5.56 Å². The maximum atomic E-state index is 12.2. The average Bonchev–Trinajstić information content (AvgIpc) is 2.84. The van der Waals surface area contributed by atoms with Crippen molar-refractivity contribution in [3.8, 4) is 11.5 Å². The van der Waals surface area contributed by atoms with Gasteiger partial charge in [-0.05, 0) is 23.6 Å². The standard InChI is InChI=1S/C13H9F3O3S/c1-18-10-5-6-20-12(10)11(17)8-3-2-4-9(7-8)19-13(14,15)16/h2-7H,1H3. The molecule has 0 radical (unpaired) electrons. The van der Waals surface area contributed by atoms with Gasteiger partial charge in [0.2, 0.25) is 5.78 Å². The fourth-order valence-electron chi connectivity index (χ4n) is 1.59. The number of ketones is 1. The Morgan fingerprint density at radius 3 is 2.65 bits per heavy atom. The van der Waals surface area contributed by atoms with Crippen LogP contribution in [0.3, 0.4) is 0 Å². The summed E-state index contributed by atoms with van der Waals surface area (Å²) in [4.78, 5) is 12.5. The van der Waals surface area contributed by atoms with E-state index in [0.29, 0.717) is 10.6 Å². The SMILES string of the molecule is COc1ccsc1C(=O)c1cccc(OC(F)(F)F)c1. The number of hydrogen-bond acceptors (Lipinski definition) is 4. The van der Waals surface area contributed by atoms with Gasteiger partial charge in [-0.1, -0.05) is 12.1 Å². The number of halogens is 3. The summed E-state index contributed by atoms with van der Waals surface area (Å²) in [6, 6.07) is 6.55. The van der Waals surface area contributed by atoms with Gasteiger partial charge < -0.3 is 9.47 Å². The van der Waals surface area contributed by atoms with Gasteiger partial charge in [0.15, 0.2) is 0 Å². The molecule has 2 rings (SSSR count). The number of hydrogen-bond donors (Lipinski definition) is 0. The van der Waals surface area contributed by atoms with Crippen molar-refractivity contribution in [1.82, 2.24) is 0 Å². The summed E-state index contributed by atoms with van der Waals surface area (Å²) >= 11 is 1.16. The average molecular weight is 302 g/mol. The molecule has 2 aromatic rings. The molecule has 0 amide bonds. The summed E-state index contributed by atoms with van der Waals surface area (Å²) in [5.74, 6) is -0.453. The lowest BCUT2D eigenvalue weighted by atomic mass is 10.1. The van der Waals surface area contributed by atoms with Crippen LogP contribution in [-0.2, 0) is 0 Å². The summed E-state index contributed by atoms with van der Waals surface area (Å²) in [7, 11) is 1.42. The number of ether oxygens (including phenoxy) is 2. The smallest absolute Gasteiger partial charge is 0.495 e. The minimum Gasteiger partial charge on any atom is -0.495 e. The van der Waals surface area contributed by atoms with Crippen molar-refractivity contribution >= 4 is 17.1 Å². The van der Waals surface area contributed by atoms with Crippen LogP contribution >= 0.6 is 11.3 Å². The Hall–Kier alpha value is -2.02. The predicted molar refractivity (Wildman–Crippen MR) is 67.4 cm³/mol. The highest BCUT2D eigenvalue weighted by Gasteiger charge is 2.31. The second-order valence-electron chi connectivity index (χ2n) is 3.72. The van der Waals surface area contributed by atoms with Crippen LogP contribution in [0.2, 0.25) is 0 Å². The third kappa shape index (κ3) is 3.30. The Bertz CT molecular complexity index is 619. The van der Waals surface area contributed by atoms with Crippen molar-refractivity contribution in [2.24, 2.45) is 0 Å². The normalized spacial score (nSPS) is 11.2. The van der Waals surface area contributed by atoms with E-state index in [9.17, 15) is 18.0 Å². The Morgan fingerprint density at radius 2 is 2.00 bits per heavy atom. The fraction of sp³-hybridized carbons (Fsp3) is 0.154. The molecule has 1 aromatic carbocycles. The minimum absolute atomic E-state index is 0.104. The van der Waals surface area contributed by atoms with Crippen molar-refractivity contribution < 1.29 is 27.4 Å². The lowest BCUT2D eigenvalue weighted by molar-refractivity contribution is -0.274.